The van der Waals surface area contributed by atoms with Crippen LogP contribution in [-0.2, 0) is 14.3 Å². The number of nitrogens with zero attached hydrogens (tertiary/aromatic N) is 1. The molecule has 27 heavy (non-hydrogen) atoms. The Kier molecular flexibility index (Phi) is 8.79. The minimum absolute atomic E-state index is 0.0857. The first-order valence-corrected chi connectivity index (χ1v) is 10.7. The number of thiocarbonyl (C=S) groups is 1. The third-order valence-corrected chi connectivity index (χ3v) is 5.79. The summed E-state index contributed by atoms with van der Waals surface area (Å²) in [5, 5.41) is 0. The zero-order chi connectivity index (χ0) is 19.8. The van der Waals surface area contributed by atoms with Gasteiger partial charge in [-0.1, -0.05) is 46.3 Å². The lowest BCUT2D eigenvalue weighted by molar-refractivity contribution is -0.143. The third kappa shape index (κ3) is 6.33. The summed E-state index contributed by atoms with van der Waals surface area (Å²) in [6.07, 6.45) is 4.60. The van der Waals surface area contributed by atoms with Gasteiger partial charge in [-0.2, -0.15) is 0 Å². The van der Waals surface area contributed by atoms with Crippen LogP contribution in [0.5, 0.6) is 5.75 Å². The summed E-state index contributed by atoms with van der Waals surface area (Å²) in [6, 6.07) is 5.64. The highest BCUT2D eigenvalue weighted by molar-refractivity contribution is 9.10. The molecule has 1 heterocycles. The fraction of sp³-hybridized carbons (Fsp3) is 0.421. The van der Waals surface area contributed by atoms with E-state index in [0.717, 1.165) is 29.3 Å². The number of carbonyl (C=O) groups is 2. The Morgan fingerprint density at radius 1 is 1.33 bits per heavy atom. The smallest absolute Gasteiger partial charge is 0.305 e. The molecule has 1 aromatic carbocycles. The summed E-state index contributed by atoms with van der Waals surface area (Å²) in [7, 11) is 1.60. The van der Waals surface area contributed by atoms with E-state index in [1.807, 2.05) is 24.3 Å². The van der Waals surface area contributed by atoms with E-state index in [1.54, 1.807) is 18.9 Å². The van der Waals surface area contributed by atoms with Crippen LogP contribution < -0.4 is 4.74 Å². The number of methoxy groups -OCH3 is 1. The molecule has 0 unspecified atom stereocenters. The van der Waals surface area contributed by atoms with Crippen LogP contribution in [0, 0.1) is 0 Å². The van der Waals surface area contributed by atoms with Crippen molar-refractivity contribution in [2.45, 2.75) is 32.6 Å². The molecule has 0 spiro atoms. The van der Waals surface area contributed by atoms with E-state index in [4.69, 9.17) is 21.7 Å². The molecule has 0 bridgehead atoms. The molecule has 1 fully saturated rings. The van der Waals surface area contributed by atoms with E-state index in [0.29, 0.717) is 34.5 Å². The number of benzene rings is 1. The maximum Gasteiger partial charge on any atom is 0.305 e. The van der Waals surface area contributed by atoms with Crippen molar-refractivity contribution in [3.8, 4) is 5.75 Å². The molecule has 0 radical (unpaired) electrons. The van der Waals surface area contributed by atoms with E-state index in [-0.39, 0.29) is 11.9 Å². The van der Waals surface area contributed by atoms with Gasteiger partial charge < -0.3 is 9.47 Å². The molecule has 1 saturated heterocycles. The van der Waals surface area contributed by atoms with Crippen LogP contribution in [-0.4, -0.2) is 41.4 Å². The van der Waals surface area contributed by atoms with Crippen molar-refractivity contribution in [1.82, 2.24) is 4.90 Å². The Labute approximate surface area is 177 Å². The van der Waals surface area contributed by atoms with Crippen LogP contribution in [0.2, 0.25) is 0 Å². The molecule has 0 aromatic heterocycles. The van der Waals surface area contributed by atoms with E-state index < -0.39 is 0 Å². The quantitative estimate of drug-likeness (QED) is 0.223. The molecule has 0 atom stereocenters. The van der Waals surface area contributed by atoms with E-state index in [1.165, 1.54) is 11.8 Å². The third-order valence-electron chi connectivity index (χ3n) is 3.92. The van der Waals surface area contributed by atoms with Crippen molar-refractivity contribution in [3.63, 3.8) is 0 Å². The maximum absolute atomic E-state index is 12.7. The highest BCUT2D eigenvalue weighted by Crippen LogP contribution is 2.35. The van der Waals surface area contributed by atoms with Crippen LogP contribution >= 0.6 is 39.9 Å². The molecule has 1 amide bonds. The average molecular weight is 472 g/mol. The van der Waals surface area contributed by atoms with Gasteiger partial charge in [-0.25, -0.2) is 0 Å². The number of amides is 1. The first-order valence-electron chi connectivity index (χ1n) is 8.70. The molecular weight excluding hydrogens is 450 g/mol. The van der Waals surface area contributed by atoms with Gasteiger partial charge in [0, 0.05) is 23.0 Å². The standard InChI is InChI=1S/C19H22BrNO4S2/c1-3-25-17(22)7-5-4-6-10-21-18(23)16(27-19(21)26)12-13-11-14(20)8-9-15(13)24-2/h8-9,11-12H,3-7,10H2,1-2H3/b16-12+. The number of hydrogen-bond donors (Lipinski definition) is 0. The van der Waals surface area contributed by atoms with Crippen molar-refractivity contribution >= 4 is 62.2 Å². The van der Waals surface area contributed by atoms with Gasteiger partial charge in [0.05, 0.1) is 18.6 Å². The Bertz CT molecular complexity index is 751. The molecule has 5 nitrogen and oxygen atoms in total. The fourth-order valence-electron chi connectivity index (χ4n) is 2.60. The molecule has 2 rings (SSSR count). The van der Waals surface area contributed by atoms with Crippen LogP contribution in [0.25, 0.3) is 6.08 Å². The van der Waals surface area contributed by atoms with Crippen LogP contribution in [0.3, 0.4) is 0 Å². The van der Waals surface area contributed by atoms with Gasteiger partial charge in [-0.15, -0.1) is 0 Å². The van der Waals surface area contributed by atoms with E-state index >= 15 is 0 Å². The molecule has 1 aromatic rings. The lowest BCUT2D eigenvalue weighted by Crippen LogP contribution is -2.29. The summed E-state index contributed by atoms with van der Waals surface area (Å²) in [6.45, 7) is 2.76. The van der Waals surface area contributed by atoms with Gasteiger partial charge in [-0.3, -0.25) is 14.5 Å². The lowest BCUT2D eigenvalue weighted by atomic mass is 10.1. The van der Waals surface area contributed by atoms with Gasteiger partial charge >= 0.3 is 5.97 Å². The van der Waals surface area contributed by atoms with Crippen molar-refractivity contribution in [2.24, 2.45) is 0 Å². The van der Waals surface area contributed by atoms with Gasteiger partial charge in [0.2, 0.25) is 0 Å². The number of rotatable bonds is 9. The number of thioether (sulfide) groups is 1. The summed E-state index contributed by atoms with van der Waals surface area (Å²) < 4.78 is 11.7. The number of ether oxygens (including phenoxy) is 2. The molecule has 0 aliphatic carbocycles. The van der Waals surface area contributed by atoms with Gasteiger partial charge in [0.15, 0.2) is 0 Å². The highest BCUT2D eigenvalue weighted by atomic mass is 79.9. The predicted octanol–water partition coefficient (Wildman–Crippen LogP) is 4.78. The molecular formula is C19H22BrNO4S2. The monoisotopic (exact) mass is 471 g/mol. The zero-order valence-corrected chi connectivity index (χ0v) is 18.5. The van der Waals surface area contributed by atoms with Crippen molar-refractivity contribution < 1.29 is 19.1 Å². The minimum atomic E-state index is -0.172. The zero-order valence-electron chi connectivity index (χ0n) is 15.3. The maximum atomic E-state index is 12.7. The normalized spacial score (nSPS) is 15.5. The summed E-state index contributed by atoms with van der Waals surface area (Å²) in [4.78, 5) is 26.2. The van der Waals surface area contributed by atoms with Crippen molar-refractivity contribution in [2.75, 3.05) is 20.3 Å². The second-order valence-electron chi connectivity index (χ2n) is 5.84. The van der Waals surface area contributed by atoms with Crippen molar-refractivity contribution in [1.29, 1.82) is 0 Å². The number of hydrogen-bond acceptors (Lipinski definition) is 6. The molecule has 0 N–H and O–H groups in total. The lowest BCUT2D eigenvalue weighted by Gasteiger charge is -2.14. The largest absolute Gasteiger partial charge is 0.496 e. The van der Waals surface area contributed by atoms with Crippen LogP contribution in [0.1, 0.15) is 38.2 Å². The first kappa shape index (κ1) is 21.9. The number of halogens is 1. The SMILES string of the molecule is CCOC(=O)CCCCCN1C(=O)/C(=C\c2cc(Br)ccc2OC)SC1=S. The second-order valence-corrected chi connectivity index (χ2v) is 8.43. The van der Waals surface area contributed by atoms with Crippen molar-refractivity contribution in [3.05, 3.63) is 33.1 Å². The highest BCUT2D eigenvalue weighted by Gasteiger charge is 2.31. The van der Waals surface area contributed by atoms with Crippen LogP contribution in [0.4, 0.5) is 0 Å². The Hall–Kier alpha value is -1.38. The topological polar surface area (TPSA) is 55.8 Å². The van der Waals surface area contributed by atoms with Crippen LogP contribution in [0.15, 0.2) is 27.6 Å². The fourth-order valence-corrected chi connectivity index (χ4v) is 4.28. The minimum Gasteiger partial charge on any atom is -0.496 e. The average Bonchev–Trinajstić information content (AvgIpc) is 2.89. The molecule has 146 valence electrons. The second kappa shape index (κ2) is 10.8. The number of esters is 1. The summed E-state index contributed by atoms with van der Waals surface area (Å²) in [5.74, 6) is 0.439. The molecule has 1 aliphatic rings. The molecule has 8 heteroatoms. The van der Waals surface area contributed by atoms with Gasteiger partial charge in [0.25, 0.3) is 5.91 Å². The number of carbonyl (C=O) groups excluding carboxylic acids is 2. The van der Waals surface area contributed by atoms with E-state index in [9.17, 15) is 9.59 Å². The van der Waals surface area contributed by atoms with E-state index in [2.05, 4.69) is 15.9 Å². The molecule has 0 saturated carbocycles. The molecule has 1 aliphatic heterocycles. The number of unbranched alkanes of at least 4 members (excludes halogenated alkanes) is 2. The summed E-state index contributed by atoms with van der Waals surface area (Å²) in [5.41, 5.74) is 0.821. The Balaban J connectivity index is 1.93. The predicted molar refractivity (Wildman–Crippen MR) is 116 cm³/mol. The Morgan fingerprint density at radius 3 is 2.81 bits per heavy atom. The van der Waals surface area contributed by atoms with Gasteiger partial charge in [-0.05, 0) is 44.0 Å². The van der Waals surface area contributed by atoms with Gasteiger partial charge in [0.1, 0.15) is 10.1 Å². The Morgan fingerprint density at radius 2 is 2.11 bits per heavy atom. The first-order chi connectivity index (χ1) is 13.0. The summed E-state index contributed by atoms with van der Waals surface area (Å²) >= 11 is 10.1.